The van der Waals surface area contributed by atoms with E-state index in [1.165, 1.54) is 6.42 Å². The van der Waals surface area contributed by atoms with Crippen LogP contribution in [0, 0.1) is 10.8 Å². The van der Waals surface area contributed by atoms with Gasteiger partial charge in [-0.1, -0.05) is 26.8 Å². The summed E-state index contributed by atoms with van der Waals surface area (Å²) in [6, 6.07) is 6.05. The second-order valence-corrected chi connectivity index (χ2v) is 12.6. The normalized spacial score (nSPS) is 33.1. The Morgan fingerprint density at radius 1 is 1.19 bits per heavy atom. The average Bonchev–Trinajstić information content (AvgIpc) is 3.03. The van der Waals surface area contributed by atoms with Crippen LogP contribution in [0.5, 0.6) is 5.75 Å². The van der Waals surface area contributed by atoms with E-state index in [0.29, 0.717) is 35.1 Å². The summed E-state index contributed by atoms with van der Waals surface area (Å²) in [6.07, 6.45) is 9.14. The van der Waals surface area contributed by atoms with Crippen molar-refractivity contribution >= 4 is 26.9 Å². The van der Waals surface area contributed by atoms with Crippen molar-refractivity contribution in [1.82, 2.24) is 9.88 Å². The van der Waals surface area contributed by atoms with Gasteiger partial charge >= 0.3 is 10.1 Å². The van der Waals surface area contributed by atoms with Gasteiger partial charge in [0, 0.05) is 35.6 Å². The fraction of sp³-hybridized carbons (Fsp3) is 0.625. The third kappa shape index (κ3) is 3.65. The van der Waals surface area contributed by atoms with E-state index < -0.39 is 10.1 Å². The van der Waals surface area contributed by atoms with Crippen molar-refractivity contribution < 1.29 is 17.4 Å². The van der Waals surface area contributed by atoms with Gasteiger partial charge in [0.05, 0.1) is 6.26 Å². The smallest absolute Gasteiger partial charge is 0.306 e. The van der Waals surface area contributed by atoms with E-state index in [1.807, 2.05) is 19.2 Å². The molecule has 4 fully saturated rings. The summed E-state index contributed by atoms with van der Waals surface area (Å²) in [4.78, 5) is 18.9. The van der Waals surface area contributed by atoms with Crippen LogP contribution in [0.15, 0.2) is 24.4 Å². The van der Waals surface area contributed by atoms with Gasteiger partial charge in [0.25, 0.3) is 0 Å². The van der Waals surface area contributed by atoms with Gasteiger partial charge in [-0.25, -0.2) is 0 Å². The van der Waals surface area contributed by atoms with Crippen molar-refractivity contribution in [2.24, 2.45) is 10.8 Å². The van der Waals surface area contributed by atoms with Gasteiger partial charge in [-0.3, -0.25) is 4.79 Å². The molecule has 1 atom stereocenters. The number of rotatable bonds is 5. The second-order valence-electron chi connectivity index (χ2n) is 11.0. The molecule has 1 aromatic heterocycles. The number of hydrogen-bond acceptors (Lipinski definition) is 4. The van der Waals surface area contributed by atoms with E-state index in [4.69, 9.17) is 4.18 Å². The highest BCUT2D eigenvalue weighted by Crippen LogP contribution is 2.61. The maximum atomic E-state index is 13.5. The molecule has 6 rings (SSSR count). The predicted octanol–water partition coefficient (Wildman–Crippen LogP) is 4.57. The number of carbonyl (C=O) groups excluding carboxylic acids is 1. The Labute approximate surface area is 184 Å². The van der Waals surface area contributed by atoms with Crippen LogP contribution in [0.1, 0.15) is 70.8 Å². The molecule has 3 heterocycles. The van der Waals surface area contributed by atoms with Crippen molar-refractivity contribution in [2.45, 2.75) is 77.3 Å². The number of hydrogen-bond donors (Lipinski definition) is 1. The Morgan fingerprint density at radius 2 is 1.81 bits per heavy atom. The molecule has 1 amide bonds. The highest BCUT2D eigenvalue weighted by Gasteiger charge is 2.57. The van der Waals surface area contributed by atoms with Crippen molar-refractivity contribution in [2.75, 3.05) is 6.26 Å². The molecule has 2 aliphatic carbocycles. The fourth-order valence-corrected chi connectivity index (χ4v) is 7.74. The first-order valence-electron chi connectivity index (χ1n) is 11.3. The molecule has 4 aliphatic rings. The van der Waals surface area contributed by atoms with Gasteiger partial charge in [-0.2, -0.15) is 8.42 Å². The molecule has 1 unspecified atom stereocenters. The van der Waals surface area contributed by atoms with Gasteiger partial charge in [0.15, 0.2) is 5.75 Å². The van der Waals surface area contributed by atoms with Crippen LogP contribution in [-0.4, -0.2) is 42.5 Å². The lowest BCUT2D eigenvalue weighted by Gasteiger charge is -2.64. The standard InChI is InChI=1S/C24H32N2O4S/c1-15(18-13-25-19-6-5-7-20(22(18)19)30-31(4,28)29)8-21(27)26-16-9-23(2)10-17(26)12-24(3,11-16)14-23/h5-7,13,15-17,25H,8-12,14H2,1-4H3. The van der Waals surface area contributed by atoms with Crippen molar-refractivity contribution in [1.29, 1.82) is 0 Å². The number of fused-ring (bicyclic) bond motifs is 1. The summed E-state index contributed by atoms with van der Waals surface area (Å²) in [5, 5.41) is 0.744. The van der Waals surface area contributed by atoms with E-state index in [1.54, 1.807) is 12.1 Å². The largest absolute Gasteiger partial charge is 0.382 e. The Bertz CT molecular complexity index is 1120. The number of amides is 1. The predicted molar refractivity (Wildman–Crippen MR) is 121 cm³/mol. The molecule has 2 saturated heterocycles. The molecule has 0 spiro atoms. The summed E-state index contributed by atoms with van der Waals surface area (Å²) in [6.45, 7) is 6.85. The number of carbonyl (C=O) groups is 1. The number of nitrogens with one attached hydrogen (secondary N) is 1. The van der Waals surface area contributed by atoms with Crippen molar-refractivity contribution in [3.8, 4) is 5.75 Å². The quantitative estimate of drug-likeness (QED) is 0.685. The van der Waals surface area contributed by atoms with Crippen molar-refractivity contribution in [3.63, 3.8) is 0 Å². The Kier molecular flexibility index (Phi) is 4.53. The second kappa shape index (κ2) is 6.74. The van der Waals surface area contributed by atoms with E-state index in [2.05, 4.69) is 23.7 Å². The maximum absolute atomic E-state index is 13.5. The monoisotopic (exact) mass is 444 g/mol. The first-order valence-corrected chi connectivity index (χ1v) is 13.1. The molecule has 168 valence electrons. The maximum Gasteiger partial charge on any atom is 0.306 e. The molecule has 7 heteroatoms. The van der Waals surface area contributed by atoms with E-state index >= 15 is 0 Å². The Morgan fingerprint density at radius 3 is 2.39 bits per heavy atom. The zero-order valence-electron chi connectivity index (χ0n) is 18.8. The molecule has 2 aliphatic heterocycles. The first kappa shape index (κ1) is 20.9. The van der Waals surface area contributed by atoms with Gasteiger partial charge in [-0.05, 0) is 66.5 Å². The summed E-state index contributed by atoms with van der Waals surface area (Å²) in [7, 11) is -3.64. The Hall–Kier alpha value is -2.02. The highest BCUT2D eigenvalue weighted by atomic mass is 32.2. The van der Waals surface area contributed by atoms with Crippen LogP contribution in [0.25, 0.3) is 10.9 Å². The lowest BCUT2D eigenvalue weighted by molar-refractivity contribution is -0.168. The highest BCUT2D eigenvalue weighted by molar-refractivity contribution is 7.86. The topological polar surface area (TPSA) is 79.5 Å². The van der Waals surface area contributed by atoms with Crippen LogP contribution in [0.3, 0.4) is 0 Å². The van der Waals surface area contributed by atoms with E-state index in [0.717, 1.165) is 48.4 Å². The molecule has 1 N–H and O–H groups in total. The molecule has 1 aromatic carbocycles. The molecule has 31 heavy (non-hydrogen) atoms. The van der Waals surface area contributed by atoms with E-state index in [9.17, 15) is 13.2 Å². The zero-order chi connectivity index (χ0) is 22.2. The first-order chi connectivity index (χ1) is 14.5. The fourth-order valence-electron chi connectivity index (χ4n) is 7.28. The lowest BCUT2D eigenvalue weighted by Crippen LogP contribution is -2.65. The summed E-state index contributed by atoms with van der Waals surface area (Å²) in [5.74, 6) is 0.490. The minimum atomic E-state index is -3.64. The molecule has 0 radical (unpaired) electrons. The number of aromatic nitrogens is 1. The number of benzene rings is 1. The zero-order valence-corrected chi connectivity index (χ0v) is 19.6. The van der Waals surface area contributed by atoms with Crippen LogP contribution < -0.4 is 4.18 Å². The minimum absolute atomic E-state index is 0.0473. The van der Waals surface area contributed by atoms with E-state index in [-0.39, 0.29) is 11.8 Å². The van der Waals surface area contributed by atoms with Gasteiger partial charge < -0.3 is 14.1 Å². The van der Waals surface area contributed by atoms with Crippen molar-refractivity contribution in [3.05, 3.63) is 30.0 Å². The summed E-state index contributed by atoms with van der Waals surface area (Å²) >= 11 is 0. The number of nitrogens with zero attached hydrogens (tertiary/aromatic N) is 1. The number of H-pyrrole nitrogens is 1. The SMILES string of the molecule is CC(CC(=O)N1C2CC3(C)CC1CC(C)(C2)C3)c1c[nH]c2cccc(OS(C)(=O)=O)c12. The average molecular weight is 445 g/mol. The molecular formula is C24H32N2O4S. The molecule has 2 aromatic rings. The molecular weight excluding hydrogens is 412 g/mol. The Balaban J connectivity index is 1.39. The number of aromatic amines is 1. The van der Waals surface area contributed by atoms with Gasteiger partial charge in [0.1, 0.15) is 0 Å². The van der Waals surface area contributed by atoms with Crippen LogP contribution >= 0.6 is 0 Å². The summed E-state index contributed by atoms with van der Waals surface area (Å²) in [5.41, 5.74) is 2.51. The van der Waals surface area contributed by atoms with Crippen LogP contribution in [0.4, 0.5) is 0 Å². The third-order valence-corrected chi connectivity index (χ3v) is 8.28. The molecule has 2 saturated carbocycles. The third-order valence-electron chi connectivity index (χ3n) is 7.79. The van der Waals surface area contributed by atoms with Gasteiger partial charge in [0.2, 0.25) is 5.91 Å². The lowest BCUT2D eigenvalue weighted by atomic mass is 9.50. The minimum Gasteiger partial charge on any atom is -0.382 e. The number of piperidine rings is 2. The summed E-state index contributed by atoms with van der Waals surface area (Å²) < 4.78 is 28.7. The van der Waals surface area contributed by atoms with Crippen LogP contribution in [-0.2, 0) is 14.9 Å². The van der Waals surface area contributed by atoms with Gasteiger partial charge in [-0.15, -0.1) is 0 Å². The molecule has 6 nitrogen and oxygen atoms in total. The molecule has 4 bridgehead atoms. The van der Waals surface area contributed by atoms with Crippen LogP contribution in [0.2, 0.25) is 0 Å².